The van der Waals surface area contributed by atoms with E-state index in [-0.39, 0.29) is 0 Å². The van der Waals surface area contributed by atoms with Crippen LogP contribution in [0.25, 0.3) is 0 Å². The van der Waals surface area contributed by atoms with Crippen LogP contribution in [0.4, 0.5) is 0 Å². The molecule has 0 saturated heterocycles. The molecule has 1 saturated carbocycles. The number of hydrazine groups is 1. The van der Waals surface area contributed by atoms with E-state index in [0.29, 0.717) is 6.04 Å². The molecule has 1 heterocycles. The summed E-state index contributed by atoms with van der Waals surface area (Å²) in [6, 6.07) is 0.435. The molecule has 0 aliphatic heterocycles. The molecule has 3 N–H and O–H groups in total. The van der Waals surface area contributed by atoms with Gasteiger partial charge in [-0.05, 0) is 37.7 Å². The van der Waals surface area contributed by atoms with Gasteiger partial charge in [0.15, 0.2) is 0 Å². The number of nitrogens with two attached hydrogens (primary N) is 1. The average Bonchev–Trinajstić information content (AvgIpc) is 2.95. The molecule has 1 aromatic heterocycles. The third-order valence-corrected chi connectivity index (χ3v) is 2.87. The topological polar surface area (TPSA) is 55.9 Å². The fourth-order valence-electron chi connectivity index (χ4n) is 1.80. The minimum absolute atomic E-state index is 0.435. The third kappa shape index (κ3) is 2.13. The standard InChI is InChI=1S/C10H18N4/c1-2-14-7-8(6-12-14)5-10(13-11)9-3-4-9/h6-7,9-10,13H,2-5,11H2,1H3. The highest BCUT2D eigenvalue weighted by atomic mass is 15.3. The summed E-state index contributed by atoms with van der Waals surface area (Å²) in [6.45, 7) is 3.03. The van der Waals surface area contributed by atoms with Crippen LogP contribution >= 0.6 is 0 Å². The molecule has 0 radical (unpaired) electrons. The first-order valence-corrected chi connectivity index (χ1v) is 5.31. The van der Waals surface area contributed by atoms with Gasteiger partial charge in [0.2, 0.25) is 0 Å². The molecule has 14 heavy (non-hydrogen) atoms. The summed E-state index contributed by atoms with van der Waals surface area (Å²) in [6.07, 6.45) is 7.68. The summed E-state index contributed by atoms with van der Waals surface area (Å²) in [5.74, 6) is 6.31. The Morgan fingerprint density at radius 3 is 3.00 bits per heavy atom. The molecule has 4 heteroatoms. The summed E-state index contributed by atoms with van der Waals surface area (Å²) in [5.41, 5.74) is 4.18. The van der Waals surface area contributed by atoms with E-state index in [4.69, 9.17) is 5.84 Å². The first kappa shape index (κ1) is 9.68. The second-order valence-corrected chi connectivity index (χ2v) is 4.02. The molecule has 0 bridgehead atoms. The third-order valence-electron chi connectivity index (χ3n) is 2.87. The quantitative estimate of drug-likeness (QED) is 0.535. The van der Waals surface area contributed by atoms with Crippen LogP contribution in [0.5, 0.6) is 0 Å². The largest absolute Gasteiger partial charge is 0.273 e. The van der Waals surface area contributed by atoms with Gasteiger partial charge in [-0.15, -0.1) is 0 Å². The minimum atomic E-state index is 0.435. The second kappa shape index (κ2) is 4.11. The number of aryl methyl sites for hydroxylation is 1. The van der Waals surface area contributed by atoms with Crippen LogP contribution in [-0.4, -0.2) is 15.8 Å². The van der Waals surface area contributed by atoms with Crippen molar-refractivity contribution in [3.63, 3.8) is 0 Å². The van der Waals surface area contributed by atoms with E-state index in [9.17, 15) is 0 Å². The van der Waals surface area contributed by atoms with E-state index in [1.54, 1.807) is 0 Å². The van der Waals surface area contributed by atoms with Crippen LogP contribution in [0.1, 0.15) is 25.3 Å². The second-order valence-electron chi connectivity index (χ2n) is 4.02. The summed E-state index contributed by atoms with van der Waals surface area (Å²) in [5, 5.41) is 4.25. The maximum Gasteiger partial charge on any atom is 0.0522 e. The molecule has 78 valence electrons. The Balaban J connectivity index is 1.94. The Kier molecular flexibility index (Phi) is 2.84. The lowest BCUT2D eigenvalue weighted by atomic mass is 10.1. The van der Waals surface area contributed by atoms with Crippen LogP contribution in [0.3, 0.4) is 0 Å². The molecule has 1 unspecified atom stereocenters. The van der Waals surface area contributed by atoms with Crippen LogP contribution < -0.4 is 11.3 Å². The van der Waals surface area contributed by atoms with Crippen LogP contribution in [0.15, 0.2) is 12.4 Å². The highest BCUT2D eigenvalue weighted by molar-refractivity contribution is 5.07. The molecule has 0 spiro atoms. The number of hydrogen-bond donors (Lipinski definition) is 2. The van der Waals surface area contributed by atoms with Gasteiger partial charge < -0.3 is 0 Å². The smallest absolute Gasteiger partial charge is 0.0522 e. The van der Waals surface area contributed by atoms with E-state index < -0.39 is 0 Å². The van der Waals surface area contributed by atoms with Gasteiger partial charge in [-0.1, -0.05) is 0 Å². The molecule has 1 aromatic rings. The molecular weight excluding hydrogens is 176 g/mol. The van der Waals surface area contributed by atoms with Gasteiger partial charge in [-0.25, -0.2) is 0 Å². The molecule has 0 amide bonds. The molecule has 2 rings (SSSR count). The van der Waals surface area contributed by atoms with Crippen molar-refractivity contribution in [3.8, 4) is 0 Å². The number of aromatic nitrogens is 2. The zero-order valence-corrected chi connectivity index (χ0v) is 8.61. The van der Waals surface area contributed by atoms with E-state index in [0.717, 1.165) is 18.9 Å². The summed E-state index contributed by atoms with van der Waals surface area (Å²) in [7, 11) is 0. The summed E-state index contributed by atoms with van der Waals surface area (Å²) < 4.78 is 1.95. The number of rotatable bonds is 5. The van der Waals surface area contributed by atoms with Gasteiger partial charge in [0.1, 0.15) is 0 Å². The predicted molar refractivity (Wildman–Crippen MR) is 55.4 cm³/mol. The first-order chi connectivity index (χ1) is 6.83. The van der Waals surface area contributed by atoms with Gasteiger partial charge in [-0.3, -0.25) is 16.0 Å². The van der Waals surface area contributed by atoms with Crippen molar-refractivity contribution in [3.05, 3.63) is 18.0 Å². The molecule has 1 atom stereocenters. The minimum Gasteiger partial charge on any atom is -0.273 e. The van der Waals surface area contributed by atoms with Gasteiger partial charge in [-0.2, -0.15) is 5.10 Å². The fourth-order valence-corrected chi connectivity index (χ4v) is 1.80. The predicted octanol–water partition coefficient (Wildman–Crippen LogP) is 0.687. The SMILES string of the molecule is CCn1cc(CC(NN)C2CC2)cn1. The molecule has 1 aliphatic rings. The highest BCUT2D eigenvalue weighted by Gasteiger charge is 2.30. The monoisotopic (exact) mass is 194 g/mol. The van der Waals surface area contributed by atoms with Gasteiger partial charge in [0, 0.05) is 18.8 Å². The van der Waals surface area contributed by atoms with Crippen LogP contribution in [0.2, 0.25) is 0 Å². The van der Waals surface area contributed by atoms with E-state index in [1.165, 1.54) is 18.4 Å². The number of hydrogen-bond acceptors (Lipinski definition) is 3. The summed E-state index contributed by atoms with van der Waals surface area (Å²) in [4.78, 5) is 0. The first-order valence-electron chi connectivity index (χ1n) is 5.31. The molecule has 1 aliphatic carbocycles. The summed E-state index contributed by atoms with van der Waals surface area (Å²) >= 11 is 0. The molecular formula is C10H18N4. The van der Waals surface area contributed by atoms with Crippen molar-refractivity contribution in [2.24, 2.45) is 11.8 Å². The van der Waals surface area contributed by atoms with E-state index in [1.807, 2.05) is 10.9 Å². The van der Waals surface area contributed by atoms with Crippen molar-refractivity contribution < 1.29 is 0 Å². The van der Waals surface area contributed by atoms with E-state index in [2.05, 4.69) is 23.6 Å². The van der Waals surface area contributed by atoms with Crippen molar-refractivity contribution in [2.75, 3.05) is 0 Å². The Morgan fingerprint density at radius 1 is 1.71 bits per heavy atom. The van der Waals surface area contributed by atoms with Crippen molar-refractivity contribution in [2.45, 2.75) is 38.8 Å². The van der Waals surface area contributed by atoms with Gasteiger partial charge in [0.05, 0.1) is 6.20 Å². The van der Waals surface area contributed by atoms with Crippen LogP contribution in [0, 0.1) is 5.92 Å². The average molecular weight is 194 g/mol. The lowest BCUT2D eigenvalue weighted by molar-refractivity contribution is 0.472. The maximum absolute atomic E-state index is 5.52. The normalized spacial score (nSPS) is 18.4. The lowest BCUT2D eigenvalue weighted by Gasteiger charge is -2.12. The van der Waals surface area contributed by atoms with Crippen LogP contribution in [-0.2, 0) is 13.0 Å². The van der Waals surface area contributed by atoms with E-state index >= 15 is 0 Å². The number of nitrogens with one attached hydrogen (secondary N) is 1. The molecule has 4 nitrogen and oxygen atoms in total. The van der Waals surface area contributed by atoms with Crippen molar-refractivity contribution in [1.82, 2.24) is 15.2 Å². The molecule has 1 fully saturated rings. The zero-order valence-electron chi connectivity index (χ0n) is 8.61. The Labute approximate surface area is 84.4 Å². The highest BCUT2D eigenvalue weighted by Crippen LogP contribution is 2.33. The number of nitrogens with zero attached hydrogens (tertiary/aromatic N) is 2. The molecule has 0 aromatic carbocycles. The van der Waals surface area contributed by atoms with Crippen molar-refractivity contribution >= 4 is 0 Å². The lowest BCUT2D eigenvalue weighted by Crippen LogP contribution is -2.38. The zero-order chi connectivity index (χ0) is 9.97. The fraction of sp³-hybridized carbons (Fsp3) is 0.700. The Bertz CT molecular complexity index is 290. The van der Waals surface area contributed by atoms with Gasteiger partial charge in [0.25, 0.3) is 0 Å². The Hall–Kier alpha value is -0.870. The van der Waals surface area contributed by atoms with Crippen molar-refractivity contribution in [1.29, 1.82) is 0 Å². The van der Waals surface area contributed by atoms with Gasteiger partial charge >= 0.3 is 0 Å². The Morgan fingerprint density at radius 2 is 2.50 bits per heavy atom. The maximum atomic E-state index is 5.52.